The Morgan fingerprint density at radius 1 is 0.900 bits per heavy atom. The minimum Gasteiger partial charge on any atom is -0.355 e. The predicted octanol–water partition coefficient (Wildman–Crippen LogP) is 2.03. The average molecular weight is 409 g/mol. The Balaban J connectivity index is 1.58. The number of hydrogen-bond donors (Lipinski definition) is 2. The summed E-state index contributed by atoms with van der Waals surface area (Å²) in [5.74, 6) is -0.255. The minimum atomic E-state index is -0.515. The van der Waals surface area contributed by atoms with Crippen molar-refractivity contribution in [2.75, 3.05) is 39.3 Å². The van der Waals surface area contributed by atoms with Gasteiger partial charge in [-0.25, -0.2) is 0 Å². The van der Waals surface area contributed by atoms with Crippen molar-refractivity contribution in [2.45, 2.75) is 25.9 Å². The van der Waals surface area contributed by atoms with Crippen LogP contribution in [0.25, 0.3) is 0 Å². The molecule has 0 spiro atoms. The predicted molar refractivity (Wildman–Crippen MR) is 119 cm³/mol. The van der Waals surface area contributed by atoms with Gasteiger partial charge in [0.25, 0.3) is 0 Å². The number of carbonyl (C=O) groups excluding carboxylic acids is 2. The molecule has 1 aliphatic rings. The summed E-state index contributed by atoms with van der Waals surface area (Å²) in [6.07, 6.45) is 0. The third-order valence-corrected chi connectivity index (χ3v) is 5.49. The normalized spacial score (nSPS) is 16.2. The Kier molecular flexibility index (Phi) is 7.99. The third-order valence-electron chi connectivity index (χ3n) is 5.49. The van der Waals surface area contributed by atoms with E-state index >= 15 is 0 Å². The fraction of sp³-hybridized carbons (Fsp3) is 0.417. The highest BCUT2D eigenvalue weighted by Crippen LogP contribution is 2.29. The van der Waals surface area contributed by atoms with Crippen molar-refractivity contribution in [1.29, 1.82) is 0 Å². The van der Waals surface area contributed by atoms with Crippen molar-refractivity contribution in [1.82, 2.24) is 20.4 Å². The molecule has 3 rings (SSSR count). The second-order valence-corrected chi connectivity index (χ2v) is 7.72. The van der Waals surface area contributed by atoms with Crippen LogP contribution in [0.3, 0.4) is 0 Å². The number of likely N-dealkylation sites (N-methyl/N-ethyl adjacent to an activating group) is 1. The molecule has 160 valence electrons. The van der Waals surface area contributed by atoms with Crippen LogP contribution in [-0.2, 0) is 9.59 Å². The molecule has 1 fully saturated rings. The lowest BCUT2D eigenvalue weighted by Crippen LogP contribution is -2.52. The highest BCUT2D eigenvalue weighted by atomic mass is 16.2. The van der Waals surface area contributed by atoms with Gasteiger partial charge < -0.3 is 10.6 Å². The van der Waals surface area contributed by atoms with Gasteiger partial charge in [-0.05, 0) is 25.0 Å². The number of nitrogens with one attached hydrogen (secondary N) is 2. The van der Waals surface area contributed by atoms with Crippen LogP contribution in [0.2, 0.25) is 0 Å². The molecule has 6 heteroatoms. The molecular formula is C24H32N4O2. The molecule has 2 amide bonds. The molecule has 2 aromatic rings. The Labute approximate surface area is 179 Å². The number of carbonyl (C=O) groups is 2. The maximum Gasteiger partial charge on any atom is 0.242 e. The molecule has 1 aliphatic heterocycles. The lowest BCUT2D eigenvalue weighted by atomic mass is 9.96. The largest absolute Gasteiger partial charge is 0.355 e. The van der Waals surface area contributed by atoms with E-state index in [9.17, 15) is 9.59 Å². The maximum absolute atomic E-state index is 12.3. The van der Waals surface area contributed by atoms with Crippen LogP contribution in [0.5, 0.6) is 0 Å². The standard InChI is InChI=1S/C24H32N4O2/c1-3-25-24(30)19(2)26-22(29)18-27-14-16-28(17-15-27)23(20-10-6-4-7-11-20)21-12-8-5-9-13-21/h4-13,19,23H,3,14-18H2,1-2H3,(H,25,30)(H,26,29)/t19-/m1/s1. The molecule has 0 saturated carbocycles. The first kappa shape index (κ1) is 22.0. The van der Waals surface area contributed by atoms with Gasteiger partial charge in [-0.3, -0.25) is 19.4 Å². The van der Waals surface area contributed by atoms with Gasteiger partial charge in [0.1, 0.15) is 6.04 Å². The molecule has 1 saturated heterocycles. The van der Waals surface area contributed by atoms with E-state index in [2.05, 4.69) is 69.0 Å². The molecule has 0 aromatic heterocycles. The number of hydrogen-bond acceptors (Lipinski definition) is 4. The number of nitrogens with zero attached hydrogens (tertiary/aromatic N) is 2. The third kappa shape index (κ3) is 5.90. The molecule has 1 atom stereocenters. The van der Waals surface area contributed by atoms with Gasteiger partial charge in [-0.15, -0.1) is 0 Å². The highest BCUT2D eigenvalue weighted by molar-refractivity contribution is 5.87. The minimum absolute atomic E-state index is 0.107. The SMILES string of the molecule is CCNC(=O)[C@@H](C)NC(=O)CN1CCN(C(c2ccccc2)c2ccccc2)CC1. The van der Waals surface area contributed by atoms with E-state index < -0.39 is 6.04 Å². The summed E-state index contributed by atoms with van der Waals surface area (Å²) in [4.78, 5) is 28.8. The molecular weight excluding hydrogens is 376 g/mol. The lowest BCUT2D eigenvalue weighted by Gasteiger charge is -2.39. The van der Waals surface area contributed by atoms with Crippen molar-refractivity contribution < 1.29 is 9.59 Å². The maximum atomic E-state index is 12.3. The zero-order valence-electron chi connectivity index (χ0n) is 17.9. The van der Waals surface area contributed by atoms with Crippen molar-refractivity contribution in [3.8, 4) is 0 Å². The quantitative estimate of drug-likeness (QED) is 0.702. The van der Waals surface area contributed by atoms with Crippen molar-refractivity contribution in [3.63, 3.8) is 0 Å². The summed E-state index contributed by atoms with van der Waals surface area (Å²) in [6, 6.07) is 20.8. The Morgan fingerprint density at radius 2 is 1.43 bits per heavy atom. The number of amides is 2. The number of piperazine rings is 1. The fourth-order valence-electron chi connectivity index (χ4n) is 3.95. The van der Waals surface area contributed by atoms with Crippen molar-refractivity contribution >= 4 is 11.8 Å². The van der Waals surface area contributed by atoms with Gasteiger partial charge in [0.15, 0.2) is 0 Å². The van der Waals surface area contributed by atoms with E-state index in [1.807, 2.05) is 19.1 Å². The van der Waals surface area contributed by atoms with Crippen molar-refractivity contribution in [3.05, 3.63) is 71.8 Å². The Bertz CT molecular complexity index is 765. The van der Waals surface area contributed by atoms with Crippen LogP contribution in [0, 0.1) is 0 Å². The summed E-state index contributed by atoms with van der Waals surface area (Å²) < 4.78 is 0. The Hall–Kier alpha value is -2.70. The summed E-state index contributed by atoms with van der Waals surface area (Å²) >= 11 is 0. The molecule has 0 bridgehead atoms. The van der Waals surface area contributed by atoms with Gasteiger partial charge in [0, 0.05) is 32.7 Å². The smallest absolute Gasteiger partial charge is 0.242 e. The molecule has 0 unspecified atom stereocenters. The van der Waals surface area contributed by atoms with E-state index in [0.29, 0.717) is 13.1 Å². The first-order valence-corrected chi connectivity index (χ1v) is 10.7. The van der Waals surface area contributed by atoms with Crippen LogP contribution in [0.4, 0.5) is 0 Å². The molecule has 1 heterocycles. The monoisotopic (exact) mass is 408 g/mol. The number of benzene rings is 2. The fourth-order valence-corrected chi connectivity index (χ4v) is 3.95. The molecule has 0 radical (unpaired) electrons. The van der Waals surface area contributed by atoms with Crippen LogP contribution in [0.1, 0.15) is 31.0 Å². The highest BCUT2D eigenvalue weighted by Gasteiger charge is 2.27. The second-order valence-electron chi connectivity index (χ2n) is 7.72. The second kappa shape index (κ2) is 10.9. The van der Waals surface area contributed by atoms with Gasteiger partial charge in [-0.1, -0.05) is 60.7 Å². The zero-order valence-corrected chi connectivity index (χ0v) is 17.9. The Morgan fingerprint density at radius 3 is 1.93 bits per heavy atom. The van der Waals surface area contributed by atoms with E-state index in [1.54, 1.807) is 6.92 Å². The van der Waals surface area contributed by atoms with Gasteiger partial charge in [0.2, 0.25) is 11.8 Å². The topological polar surface area (TPSA) is 64.7 Å². The van der Waals surface area contributed by atoms with Crippen molar-refractivity contribution in [2.24, 2.45) is 0 Å². The van der Waals surface area contributed by atoms with Gasteiger partial charge in [0.05, 0.1) is 12.6 Å². The van der Waals surface area contributed by atoms with E-state index in [1.165, 1.54) is 11.1 Å². The van der Waals surface area contributed by atoms with Gasteiger partial charge in [-0.2, -0.15) is 0 Å². The summed E-state index contributed by atoms with van der Waals surface area (Å²) in [5.41, 5.74) is 2.57. The van der Waals surface area contributed by atoms with Gasteiger partial charge >= 0.3 is 0 Å². The van der Waals surface area contributed by atoms with Crippen LogP contribution >= 0.6 is 0 Å². The van der Waals surface area contributed by atoms with Crippen LogP contribution in [0.15, 0.2) is 60.7 Å². The summed E-state index contributed by atoms with van der Waals surface area (Å²) in [5, 5.41) is 5.52. The van der Waals surface area contributed by atoms with Crippen LogP contribution in [-0.4, -0.2) is 66.9 Å². The van der Waals surface area contributed by atoms with Crippen LogP contribution < -0.4 is 10.6 Å². The van der Waals surface area contributed by atoms with E-state index in [4.69, 9.17) is 0 Å². The lowest BCUT2D eigenvalue weighted by molar-refractivity contribution is -0.129. The molecule has 6 nitrogen and oxygen atoms in total. The average Bonchev–Trinajstić information content (AvgIpc) is 2.77. The first-order chi connectivity index (χ1) is 14.6. The molecule has 0 aliphatic carbocycles. The zero-order chi connectivity index (χ0) is 21.3. The van der Waals surface area contributed by atoms with E-state index in [0.717, 1.165) is 26.2 Å². The first-order valence-electron chi connectivity index (χ1n) is 10.7. The molecule has 30 heavy (non-hydrogen) atoms. The summed E-state index contributed by atoms with van der Waals surface area (Å²) in [7, 11) is 0. The summed E-state index contributed by atoms with van der Waals surface area (Å²) in [6.45, 7) is 7.86. The number of rotatable bonds is 8. The van der Waals surface area contributed by atoms with E-state index in [-0.39, 0.29) is 17.9 Å². The molecule has 2 N–H and O–H groups in total. The molecule has 2 aromatic carbocycles.